The Morgan fingerprint density at radius 3 is 2.63 bits per heavy atom. The number of rotatable bonds is 6. The fraction of sp³-hybridized carbons (Fsp3) is 0.625. The minimum absolute atomic E-state index is 0.799. The maximum absolute atomic E-state index is 5.71. The summed E-state index contributed by atoms with van der Waals surface area (Å²) in [6, 6.07) is 0. The van der Waals surface area contributed by atoms with Gasteiger partial charge in [0.05, 0.1) is 21.8 Å². The summed E-state index contributed by atoms with van der Waals surface area (Å²) >= 11 is 0. The van der Waals surface area contributed by atoms with Crippen molar-refractivity contribution < 1.29 is 9.47 Å². The summed E-state index contributed by atoms with van der Waals surface area (Å²) in [7, 11) is 0.384. The molecule has 0 aromatic carbocycles. The van der Waals surface area contributed by atoms with Gasteiger partial charge in [0.15, 0.2) is 11.5 Å². The van der Waals surface area contributed by atoms with Gasteiger partial charge in [-0.2, -0.15) is 0 Å². The van der Waals surface area contributed by atoms with Crippen LogP contribution in [0.4, 0.5) is 0 Å². The van der Waals surface area contributed by atoms with Gasteiger partial charge in [-0.3, -0.25) is 0 Å². The quantitative estimate of drug-likeness (QED) is 0.395. The highest BCUT2D eigenvalue weighted by atomic mass is 28.3. The number of allylic oxidation sites excluding steroid dienone is 4. The second-order valence-electron chi connectivity index (χ2n) is 5.97. The summed E-state index contributed by atoms with van der Waals surface area (Å²) in [5.41, 5.74) is 0. The molecule has 0 unspecified atom stereocenters. The maximum Gasteiger partial charge on any atom is 0.160 e. The number of hydrogen-bond acceptors (Lipinski definition) is 2. The van der Waals surface area contributed by atoms with Crippen LogP contribution in [0.1, 0.15) is 32.6 Å². The largest absolute Gasteiger partial charge is 0.493 e. The Kier molecular flexibility index (Phi) is 6.42. The fourth-order valence-electron chi connectivity index (χ4n) is 1.98. The van der Waals surface area contributed by atoms with E-state index in [1.165, 1.54) is 11.6 Å². The third-order valence-corrected chi connectivity index (χ3v) is 5.28. The van der Waals surface area contributed by atoms with Gasteiger partial charge in [0.25, 0.3) is 0 Å². The standard InChI is InChI=1S/C16H28O2Si/c1-6-7-10-14(19(3,4)5)13-16(17-2)15-11-8-9-12-18-15/h10-11,13H,6-9,12H2,1-5H3/b14-10+,16-13+. The number of methoxy groups -OCH3 is 1. The lowest BCUT2D eigenvalue weighted by Gasteiger charge is -2.21. The van der Waals surface area contributed by atoms with Gasteiger partial charge in [-0.25, -0.2) is 0 Å². The molecule has 19 heavy (non-hydrogen) atoms. The normalized spacial score (nSPS) is 17.8. The Morgan fingerprint density at radius 1 is 1.42 bits per heavy atom. The van der Waals surface area contributed by atoms with E-state index >= 15 is 0 Å². The van der Waals surface area contributed by atoms with Crippen LogP contribution in [0.15, 0.2) is 34.9 Å². The lowest BCUT2D eigenvalue weighted by molar-refractivity contribution is 0.162. The van der Waals surface area contributed by atoms with Crippen LogP contribution < -0.4 is 0 Å². The van der Waals surface area contributed by atoms with E-state index in [0.717, 1.165) is 37.4 Å². The molecule has 1 rings (SSSR count). The second-order valence-corrected chi connectivity index (χ2v) is 11.0. The third kappa shape index (κ3) is 5.27. The minimum Gasteiger partial charge on any atom is -0.493 e. The molecule has 0 spiro atoms. The Labute approximate surface area is 119 Å². The van der Waals surface area contributed by atoms with Gasteiger partial charge in [0.2, 0.25) is 0 Å². The van der Waals surface area contributed by atoms with Crippen LogP contribution in [0.5, 0.6) is 0 Å². The monoisotopic (exact) mass is 280 g/mol. The van der Waals surface area contributed by atoms with E-state index in [0.29, 0.717) is 0 Å². The lowest BCUT2D eigenvalue weighted by Crippen LogP contribution is -2.23. The first-order chi connectivity index (χ1) is 8.99. The van der Waals surface area contributed by atoms with Crippen LogP contribution in [-0.2, 0) is 9.47 Å². The lowest BCUT2D eigenvalue weighted by atomic mass is 10.2. The van der Waals surface area contributed by atoms with Gasteiger partial charge >= 0.3 is 0 Å². The molecule has 108 valence electrons. The van der Waals surface area contributed by atoms with Crippen LogP contribution in [0.25, 0.3) is 0 Å². The zero-order chi connectivity index (χ0) is 14.3. The van der Waals surface area contributed by atoms with E-state index in [1.807, 2.05) is 0 Å². The van der Waals surface area contributed by atoms with Crippen LogP contribution in [0.3, 0.4) is 0 Å². The number of hydrogen-bond donors (Lipinski definition) is 0. The molecule has 2 nitrogen and oxygen atoms in total. The molecular formula is C16H28O2Si. The Hall–Kier alpha value is -0.963. The van der Waals surface area contributed by atoms with E-state index in [9.17, 15) is 0 Å². The predicted octanol–water partition coefficient (Wildman–Crippen LogP) is 4.81. The van der Waals surface area contributed by atoms with Gasteiger partial charge in [0.1, 0.15) is 0 Å². The molecule has 0 aromatic heterocycles. The SMILES string of the molecule is CCC/C=C(\C=C(\OC)C1=CCCCO1)[Si](C)(C)C. The highest BCUT2D eigenvalue weighted by Crippen LogP contribution is 2.24. The molecule has 1 aliphatic heterocycles. The van der Waals surface area contributed by atoms with Crippen molar-refractivity contribution in [2.24, 2.45) is 0 Å². The van der Waals surface area contributed by atoms with Crippen LogP contribution in [0.2, 0.25) is 19.6 Å². The summed E-state index contributed by atoms with van der Waals surface area (Å²) in [5.74, 6) is 1.79. The van der Waals surface area contributed by atoms with Crippen LogP contribution >= 0.6 is 0 Å². The first-order valence-corrected chi connectivity index (χ1v) is 10.8. The first-order valence-electron chi connectivity index (χ1n) is 7.28. The molecule has 1 aliphatic rings. The van der Waals surface area contributed by atoms with Crippen molar-refractivity contribution in [1.82, 2.24) is 0 Å². The molecule has 0 fully saturated rings. The highest BCUT2D eigenvalue weighted by Gasteiger charge is 2.20. The van der Waals surface area contributed by atoms with Crippen LogP contribution in [0, 0.1) is 0 Å². The summed E-state index contributed by atoms with van der Waals surface area (Å²) < 4.78 is 11.2. The molecule has 0 aromatic rings. The number of ether oxygens (including phenoxy) is 2. The second kappa shape index (κ2) is 7.58. The Balaban J connectivity index is 3.00. The summed E-state index contributed by atoms with van der Waals surface area (Å²) in [6.07, 6.45) is 11.2. The fourth-order valence-corrected chi connectivity index (χ4v) is 3.30. The molecule has 0 N–H and O–H groups in total. The molecule has 3 heteroatoms. The van der Waals surface area contributed by atoms with Crippen molar-refractivity contribution in [3.8, 4) is 0 Å². The van der Waals surface area contributed by atoms with E-state index in [4.69, 9.17) is 9.47 Å². The van der Waals surface area contributed by atoms with Crippen molar-refractivity contribution in [3.63, 3.8) is 0 Å². The van der Waals surface area contributed by atoms with Crippen molar-refractivity contribution in [1.29, 1.82) is 0 Å². The van der Waals surface area contributed by atoms with Gasteiger partial charge in [-0.05, 0) is 31.4 Å². The van der Waals surface area contributed by atoms with Crippen molar-refractivity contribution >= 4 is 8.07 Å². The average molecular weight is 280 g/mol. The molecule has 0 saturated carbocycles. The molecular weight excluding hydrogens is 252 g/mol. The Bertz CT molecular complexity index is 373. The minimum atomic E-state index is -1.34. The zero-order valence-corrected chi connectivity index (χ0v) is 14.1. The summed E-state index contributed by atoms with van der Waals surface area (Å²) in [6.45, 7) is 10.1. The smallest absolute Gasteiger partial charge is 0.160 e. The van der Waals surface area contributed by atoms with Gasteiger partial charge in [0, 0.05) is 0 Å². The maximum atomic E-state index is 5.71. The summed E-state index contributed by atoms with van der Waals surface area (Å²) in [5, 5.41) is 1.45. The molecule has 0 atom stereocenters. The molecule has 0 aliphatic carbocycles. The molecule has 1 heterocycles. The van der Waals surface area contributed by atoms with E-state index in [1.54, 1.807) is 7.11 Å². The number of unbranched alkanes of at least 4 members (excludes halogenated alkanes) is 1. The van der Waals surface area contributed by atoms with Crippen molar-refractivity contribution in [2.75, 3.05) is 13.7 Å². The van der Waals surface area contributed by atoms with Crippen molar-refractivity contribution in [3.05, 3.63) is 34.9 Å². The third-order valence-electron chi connectivity index (χ3n) is 3.20. The van der Waals surface area contributed by atoms with E-state index < -0.39 is 8.07 Å². The molecule has 0 amide bonds. The average Bonchev–Trinajstić information content (AvgIpc) is 2.38. The van der Waals surface area contributed by atoms with Gasteiger partial charge in [-0.15, -0.1) is 0 Å². The molecule has 0 radical (unpaired) electrons. The van der Waals surface area contributed by atoms with E-state index in [-0.39, 0.29) is 0 Å². The van der Waals surface area contributed by atoms with Gasteiger partial charge < -0.3 is 9.47 Å². The molecule has 0 bridgehead atoms. The highest BCUT2D eigenvalue weighted by molar-refractivity contribution is 6.83. The predicted molar refractivity (Wildman–Crippen MR) is 84.7 cm³/mol. The summed E-state index contributed by atoms with van der Waals surface area (Å²) in [4.78, 5) is 0. The first kappa shape index (κ1) is 16.1. The van der Waals surface area contributed by atoms with E-state index in [2.05, 4.69) is 44.8 Å². The topological polar surface area (TPSA) is 18.5 Å². The van der Waals surface area contributed by atoms with Crippen LogP contribution in [-0.4, -0.2) is 21.8 Å². The molecule has 0 saturated heterocycles. The van der Waals surface area contributed by atoms with Crippen molar-refractivity contribution in [2.45, 2.75) is 52.2 Å². The van der Waals surface area contributed by atoms with Gasteiger partial charge in [-0.1, -0.05) is 44.3 Å². The Morgan fingerprint density at radius 2 is 2.16 bits per heavy atom. The zero-order valence-electron chi connectivity index (χ0n) is 13.1.